The second kappa shape index (κ2) is 13.1. The summed E-state index contributed by atoms with van der Waals surface area (Å²) in [5.41, 5.74) is 0.708. The van der Waals surface area contributed by atoms with Crippen molar-refractivity contribution >= 4 is 38.5 Å². The van der Waals surface area contributed by atoms with Crippen LogP contribution in [0.5, 0.6) is 0 Å². The summed E-state index contributed by atoms with van der Waals surface area (Å²) in [4.78, 5) is 45.1. The van der Waals surface area contributed by atoms with Crippen LogP contribution in [0.4, 0.5) is 0 Å². The maximum atomic E-state index is 12.4. The molecule has 0 unspecified atom stereocenters. The molecule has 9 heteroatoms. The third-order valence-corrected chi connectivity index (χ3v) is 9.41. The first-order chi connectivity index (χ1) is 16.4. The highest BCUT2D eigenvalue weighted by atomic mass is 28.3. The van der Waals surface area contributed by atoms with Gasteiger partial charge in [-0.1, -0.05) is 80.8 Å². The number of benzene rings is 2. The molecule has 0 radical (unpaired) electrons. The number of carbonyl (C=O) groups is 2. The van der Waals surface area contributed by atoms with E-state index in [9.17, 15) is 9.59 Å². The van der Waals surface area contributed by atoms with Crippen LogP contribution in [-0.2, 0) is 24.3 Å². The fraction of sp³-hybridized carbons (Fsp3) is 0.462. The molecule has 2 rings (SSSR count). The maximum absolute atomic E-state index is 12.4. The zero-order valence-electron chi connectivity index (χ0n) is 21.9. The molecule has 0 aromatic heterocycles. The number of ether oxygens (including phenoxy) is 1. The second-order valence-corrected chi connectivity index (χ2v) is 20.6. The van der Waals surface area contributed by atoms with E-state index in [1.165, 1.54) is 10.4 Å². The lowest BCUT2D eigenvalue weighted by molar-refractivity contribution is -0.422. The van der Waals surface area contributed by atoms with Gasteiger partial charge in [-0.2, -0.15) is 0 Å². The van der Waals surface area contributed by atoms with Crippen molar-refractivity contribution in [1.82, 2.24) is 0 Å². The minimum atomic E-state index is -1.48. The van der Waals surface area contributed by atoms with E-state index in [0.717, 1.165) is 6.42 Å². The Kier molecular flexibility index (Phi) is 10.8. The highest BCUT2D eigenvalue weighted by molar-refractivity contribution is 6.89. The normalized spacial score (nSPS) is 12.0. The third-order valence-electron chi connectivity index (χ3n) is 5.28. The fourth-order valence-electron chi connectivity index (χ4n) is 3.04. The third kappa shape index (κ3) is 9.69. The molecule has 0 saturated heterocycles. The Labute approximate surface area is 210 Å². The van der Waals surface area contributed by atoms with E-state index in [1.54, 1.807) is 24.3 Å². The van der Waals surface area contributed by atoms with Crippen molar-refractivity contribution in [1.29, 1.82) is 0 Å². The Morgan fingerprint density at radius 3 is 1.43 bits per heavy atom. The summed E-state index contributed by atoms with van der Waals surface area (Å²) >= 11 is 0. The largest absolute Gasteiger partial charge is 0.381 e. The Morgan fingerprint density at radius 2 is 1.09 bits per heavy atom. The van der Waals surface area contributed by atoms with E-state index in [-0.39, 0.29) is 13.0 Å². The summed E-state index contributed by atoms with van der Waals surface area (Å²) in [6, 6.07) is 14.6. The molecule has 0 saturated carbocycles. The van der Waals surface area contributed by atoms with Gasteiger partial charge in [-0.05, 0) is 30.7 Å². The van der Waals surface area contributed by atoms with Gasteiger partial charge in [0.1, 0.15) is 0 Å². The maximum Gasteiger partial charge on any atom is 0.373 e. The molecular formula is C26H38O7Si2. The Bertz CT molecular complexity index is 872. The molecule has 0 N–H and O–H groups in total. The first-order valence-electron chi connectivity index (χ1n) is 12.0. The summed E-state index contributed by atoms with van der Waals surface area (Å²) in [6.45, 7) is 16.2. The van der Waals surface area contributed by atoms with Crippen LogP contribution in [0.15, 0.2) is 48.5 Å². The van der Waals surface area contributed by atoms with Crippen LogP contribution < -0.4 is 10.4 Å². The molecule has 0 spiro atoms. The molecule has 0 bridgehead atoms. The number of carbonyl (C=O) groups excluding carboxylic acids is 2. The number of hydrogen-bond donors (Lipinski definition) is 0. The van der Waals surface area contributed by atoms with E-state index in [0.29, 0.717) is 17.7 Å². The van der Waals surface area contributed by atoms with Crippen LogP contribution in [0.25, 0.3) is 0 Å². The molecule has 0 aliphatic heterocycles. The minimum absolute atomic E-state index is 0.198. The van der Waals surface area contributed by atoms with E-state index < -0.39 is 34.4 Å². The van der Waals surface area contributed by atoms with Crippen LogP contribution >= 0.6 is 0 Å². The van der Waals surface area contributed by atoms with Crippen molar-refractivity contribution in [3.05, 3.63) is 59.7 Å². The van der Waals surface area contributed by atoms with Crippen LogP contribution in [0.1, 0.15) is 40.5 Å². The summed E-state index contributed by atoms with van der Waals surface area (Å²) < 4.78 is 5.45. The van der Waals surface area contributed by atoms with Gasteiger partial charge >= 0.3 is 11.9 Å². The lowest BCUT2D eigenvalue weighted by atomic mass is 10.2. The molecule has 0 heterocycles. The molecule has 0 amide bonds. The van der Waals surface area contributed by atoms with Crippen molar-refractivity contribution < 1.29 is 33.9 Å². The second-order valence-electron chi connectivity index (χ2n) is 10.4. The first-order valence-corrected chi connectivity index (χ1v) is 19.0. The predicted molar refractivity (Wildman–Crippen MR) is 141 cm³/mol. The predicted octanol–water partition coefficient (Wildman–Crippen LogP) is 4.80. The van der Waals surface area contributed by atoms with Gasteiger partial charge < -0.3 is 4.74 Å². The summed E-state index contributed by atoms with van der Waals surface area (Å²) in [7, 11) is -2.95. The van der Waals surface area contributed by atoms with Crippen LogP contribution in [-0.4, -0.2) is 47.6 Å². The molecule has 0 fully saturated rings. The molecule has 35 heavy (non-hydrogen) atoms. The average molecular weight is 519 g/mol. The minimum Gasteiger partial charge on any atom is -0.381 e. The summed E-state index contributed by atoms with van der Waals surface area (Å²) in [5, 5.41) is 2.46. The van der Waals surface area contributed by atoms with Crippen LogP contribution in [0, 0.1) is 0 Å². The molecular weight excluding hydrogens is 480 g/mol. The van der Waals surface area contributed by atoms with E-state index in [4.69, 9.17) is 24.3 Å². The van der Waals surface area contributed by atoms with Gasteiger partial charge in [0, 0.05) is 13.0 Å². The lowest BCUT2D eigenvalue weighted by Gasteiger charge is -2.17. The lowest BCUT2D eigenvalue weighted by Crippen LogP contribution is -2.37. The molecule has 7 nitrogen and oxygen atoms in total. The molecule has 0 atom stereocenters. The summed E-state index contributed by atoms with van der Waals surface area (Å²) in [5.74, 6) is -1.33. The van der Waals surface area contributed by atoms with Crippen molar-refractivity contribution in [2.75, 3.05) is 13.2 Å². The standard InChI is InChI=1S/C26H38O7Si2/c1-8-18-29-19-17-24(30-32-25(27)20-9-13-22(14-10-20)34(2,3)4)31-33-26(28)21-11-15-23(16-12-21)35(5,6)7/h9-16,24H,8,17-19H2,1-7H3. The zero-order valence-corrected chi connectivity index (χ0v) is 23.9. The van der Waals surface area contributed by atoms with E-state index >= 15 is 0 Å². The average Bonchev–Trinajstić information content (AvgIpc) is 2.81. The van der Waals surface area contributed by atoms with E-state index in [2.05, 4.69) is 39.3 Å². The molecule has 2 aromatic rings. The van der Waals surface area contributed by atoms with Gasteiger partial charge in [0.25, 0.3) is 0 Å². The van der Waals surface area contributed by atoms with Crippen molar-refractivity contribution in [2.45, 2.75) is 65.3 Å². The topological polar surface area (TPSA) is 80.3 Å². The van der Waals surface area contributed by atoms with E-state index in [1.807, 2.05) is 31.2 Å². The van der Waals surface area contributed by atoms with Crippen molar-refractivity contribution in [2.24, 2.45) is 0 Å². The molecule has 2 aromatic carbocycles. The Balaban J connectivity index is 1.95. The van der Waals surface area contributed by atoms with Gasteiger partial charge in [-0.25, -0.2) is 9.59 Å². The molecule has 0 aliphatic carbocycles. The molecule has 0 aliphatic rings. The molecule has 192 valence electrons. The number of rotatable bonds is 13. The Hall–Kier alpha value is -2.31. The van der Waals surface area contributed by atoms with Gasteiger partial charge in [0.05, 0.1) is 33.9 Å². The highest BCUT2D eigenvalue weighted by Crippen LogP contribution is 2.11. The van der Waals surface area contributed by atoms with Crippen molar-refractivity contribution in [3.8, 4) is 0 Å². The van der Waals surface area contributed by atoms with Crippen LogP contribution in [0.3, 0.4) is 0 Å². The van der Waals surface area contributed by atoms with Gasteiger partial charge in [-0.3, -0.25) is 9.78 Å². The van der Waals surface area contributed by atoms with Gasteiger partial charge in [0.15, 0.2) is 0 Å². The van der Waals surface area contributed by atoms with Crippen molar-refractivity contribution in [3.63, 3.8) is 0 Å². The number of hydrogen-bond acceptors (Lipinski definition) is 7. The zero-order chi connectivity index (χ0) is 26.1. The first kappa shape index (κ1) is 28.9. The highest BCUT2D eigenvalue weighted by Gasteiger charge is 2.22. The fourth-order valence-corrected chi connectivity index (χ4v) is 5.38. The monoisotopic (exact) mass is 518 g/mol. The van der Waals surface area contributed by atoms with Gasteiger partial charge in [0.2, 0.25) is 6.29 Å². The SMILES string of the molecule is CCCOCCC(OOC(=O)c1ccc([Si](C)(C)C)cc1)OOC(=O)c1ccc([Si](C)(C)C)cc1. The Morgan fingerprint density at radius 1 is 0.686 bits per heavy atom. The quantitative estimate of drug-likeness (QED) is 0.124. The summed E-state index contributed by atoms with van der Waals surface area (Å²) in [6.07, 6.45) is -0.0804. The van der Waals surface area contributed by atoms with Crippen LogP contribution in [0.2, 0.25) is 39.3 Å². The smallest absolute Gasteiger partial charge is 0.373 e. The van der Waals surface area contributed by atoms with Gasteiger partial charge in [-0.15, -0.1) is 9.78 Å².